The Labute approximate surface area is 242 Å². The average Bonchev–Trinajstić information content (AvgIpc) is 2.99. The molecule has 0 aliphatic carbocycles. The molecule has 0 aliphatic rings. The number of fused-ring (bicyclic) bond motifs is 5. The highest BCUT2D eigenvalue weighted by Crippen LogP contribution is 2.37. The van der Waals surface area contributed by atoms with Crippen LogP contribution in [0.1, 0.15) is 22.3 Å². The Balaban J connectivity index is 1.50. The van der Waals surface area contributed by atoms with E-state index in [0.29, 0.717) is 0 Å². The summed E-state index contributed by atoms with van der Waals surface area (Å²) in [6, 6.07) is 42.2. The van der Waals surface area contributed by atoms with Gasteiger partial charge < -0.3 is 0 Å². The predicted octanol–water partition coefficient (Wildman–Crippen LogP) is 7.96. The van der Waals surface area contributed by atoms with Crippen LogP contribution in [0.5, 0.6) is 0 Å². The van der Waals surface area contributed by atoms with Crippen LogP contribution in [0.3, 0.4) is 0 Å². The van der Waals surface area contributed by atoms with Crippen molar-refractivity contribution in [1.29, 1.82) is 0 Å². The fourth-order valence-electron chi connectivity index (χ4n) is 6.90. The van der Waals surface area contributed by atoms with Crippen LogP contribution in [-0.2, 0) is 0 Å². The lowest BCUT2D eigenvalue weighted by molar-refractivity contribution is 1.41. The molecule has 0 fully saturated rings. The van der Waals surface area contributed by atoms with E-state index in [2.05, 4.69) is 143 Å². The Hall–Kier alpha value is -4.69. The molecule has 1 heterocycles. The number of benzene rings is 6. The van der Waals surface area contributed by atoms with E-state index < -0.39 is 0 Å². The van der Waals surface area contributed by atoms with Gasteiger partial charge in [0.2, 0.25) is 6.71 Å². The maximum Gasteiger partial charge on any atom is 0.242 e. The van der Waals surface area contributed by atoms with Crippen LogP contribution in [-0.4, -0.2) is 11.7 Å². The third-order valence-electron chi connectivity index (χ3n) is 8.78. The molecule has 1 nitrogen and oxygen atoms in total. The second-order valence-electron chi connectivity index (χ2n) is 11.4. The Kier molecular flexibility index (Phi) is 6.20. The van der Waals surface area contributed by atoms with Gasteiger partial charge in [-0.3, -0.25) is 4.98 Å². The average molecular weight is 526 g/mol. The molecule has 0 atom stereocenters. The van der Waals surface area contributed by atoms with Crippen molar-refractivity contribution >= 4 is 55.5 Å². The topological polar surface area (TPSA) is 12.9 Å². The van der Waals surface area contributed by atoms with E-state index in [1.165, 1.54) is 76.7 Å². The molecule has 6 aromatic carbocycles. The first-order chi connectivity index (χ1) is 20.0. The second-order valence-corrected chi connectivity index (χ2v) is 11.4. The van der Waals surface area contributed by atoms with Crippen molar-refractivity contribution in [2.75, 3.05) is 0 Å². The maximum absolute atomic E-state index is 4.81. The van der Waals surface area contributed by atoms with Gasteiger partial charge in [-0.05, 0) is 61.7 Å². The zero-order chi connectivity index (χ0) is 28.1. The summed E-state index contributed by atoms with van der Waals surface area (Å²) in [7, 11) is 0. The van der Waals surface area contributed by atoms with E-state index in [9.17, 15) is 0 Å². The van der Waals surface area contributed by atoms with Crippen molar-refractivity contribution in [1.82, 2.24) is 4.98 Å². The van der Waals surface area contributed by atoms with Gasteiger partial charge in [-0.15, -0.1) is 0 Å². The fraction of sp³-hybridized carbons (Fsp3) is 0.103. The first-order valence-corrected chi connectivity index (χ1v) is 14.4. The van der Waals surface area contributed by atoms with Gasteiger partial charge in [0, 0.05) is 22.4 Å². The minimum absolute atomic E-state index is 0.148. The van der Waals surface area contributed by atoms with E-state index in [4.69, 9.17) is 4.98 Å². The van der Waals surface area contributed by atoms with Gasteiger partial charge in [-0.2, -0.15) is 0 Å². The van der Waals surface area contributed by atoms with Crippen LogP contribution in [0.25, 0.3) is 43.6 Å². The van der Waals surface area contributed by atoms with E-state index >= 15 is 0 Å². The van der Waals surface area contributed by atoms with Crippen LogP contribution in [0.4, 0.5) is 0 Å². The molecular weight excluding hydrogens is 493 g/mol. The summed E-state index contributed by atoms with van der Waals surface area (Å²) >= 11 is 0. The molecule has 1 aromatic heterocycles. The molecular formula is C39H32BN. The monoisotopic (exact) mass is 525 g/mol. The molecule has 0 unspecified atom stereocenters. The molecule has 0 aliphatic heterocycles. The van der Waals surface area contributed by atoms with Gasteiger partial charge in [-0.1, -0.05) is 142 Å². The zero-order valence-corrected chi connectivity index (χ0v) is 24.1. The highest BCUT2D eigenvalue weighted by molar-refractivity contribution is 6.96. The van der Waals surface area contributed by atoms with Gasteiger partial charge in [0.05, 0.1) is 5.52 Å². The molecule has 7 rings (SSSR count). The Morgan fingerprint density at radius 3 is 1.73 bits per heavy atom. The molecule has 41 heavy (non-hydrogen) atoms. The third kappa shape index (κ3) is 4.23. The molecule has 0 bridgehead atoms. The summed E-state index contributed by atoms with van der Waals surface area (Å²) in [5.74, 6) is 0. The molecule has 0 N–H and O–H groups in total. The van der Waals surface area contributed by atoms with Crippen LogP contribution in [0.2, 0.25) is 0 Å². The first kappa shape index (κ1) is 25.3. The number of pyridine rings is 1. The van der Waals surface area contributed by atoms with E-state index in [0.717, 1.165) is 5.52 Å². The van der Waals surface area contributed by atoms with Crippen molar-refractivity contribution in [2.24, 2.45) is 0 Å². The number of aromatic nitrogens is 1. The minimum atomic E-state index is 0.148. The van der Waals surface area contributed by atoms with Gasteiger partial charge in [0.25, 0.3) is 0 Å². The number of rotatable bonds is 4. The molecule has 0 amide bonds. The highest BCUT2D eigenvalue weighted by atomic mass is 14.6. The SMILES string of the molecule is Cc1cccc(C)c1B(c1cccc(-c2cc3cnc4ccccc4c3c3ccccc23)c1)c1c(C)cccc1C. The lowest BCUT2D eigenvalue weighted by atomic mass is 9.34. The molecule has 2 heteroatoms. The summed E-state index contributed by atoms with van der Waals surface area (Å²) in [5.41, 5.74) is 13.0. The Morgan fingerprint density at radius 2 is 1.07 bits per heavy atom. The quantitative estimate of drug-likeness (QED) is 0.168. The molecule has 7 aromatic rings. The lowest BCUT2D eigenvalue weighted by Gasteiger charge is -2.24. The van der Waals surface area contributed by atoms with Crippen molar-refractivity contribution in [3.8, 4) is 11.1 Å². The van der Waals surface area contributed by atoms with Crippen LogP contribution in [0.15, 0.2) is 121 Å². The van der Waals surface area contributed by atoms with Crippen molar-refractivity contribution < 1.29 is 0 Å². The smallest absolute Gasteiger partial charge is 0.242 e. The largest absolute Gasteiger partial charge is 0.256 e. The maximum atomic E-state index is 4.81. The normalized spacial score (nSPS) is 11.4. The Morgan fingerprint density at radius 1 is 0.512 bits per heavy atom. The number of nitrogens with zero attached hydrogens (tertiary/aromatic N) is 1. The molecule has 0 spiro atoms. The number of hydrogen-bond acceptors (Lipinski definition) is 1. The number of aryl methyl sites for hydroxylation is 4. The van der Waals surface area contributed by atoms with E-state index in [1.807, 2.05) is 6.20 Å². The number of para-hydroxylation sites is 1. The highest BCUT2D eigenvalue weighted by Gasteiger charge is 2.28. The zero-order valence-electron chi connectivity index (χ0n) is 24.1. The Bertz CT molecular complexity index is 2010. The summed E-state index contributed by atoms with van der Waals surface area (Å²) in [5, 5.41) is 6.18. The third-order valence-corrected chi connectivity index (χ3v) is 8.78. The van der Waals surface area contributed by atoms with E-state index in [-0.39, 0.29) is 6.71 Å². The van der Waals surface area contributed by atoms with Gasteiger partial charge in [0.15, 0.2) is 0 Å². The number of hydrogen-bond donors (Lipinski definition) is 0. The summed E-state index contributed by atoms with van der Waals surface area (Å²) < 4.78 is 0. The van der Waals surface area contributed by atoms with Crippen LogP contribution >= 0.6 is 0 Å². The van der Waals surface area contributed by atoms with Crippen LogP contribution in [0, 0.1) is 27.7 Å². The van der Waals surface area contributed by atoms with Crippen molar-refractivity contribution in [3.63, 3.8) is 0 Å². The van der Waals surface area contributed by atoms with E-state index in [1.54, 1.807) is 0 Å². The second kappa shape index (κ2) is 10.1. The molecule has 0 saturated carbocycles. The summed E-state index contributed by atoms with van der Waals surface area (Å²) in [6.07, 6.45) is 2.04. The summed E-state index contributed by atoms with van der Waals surface area (Å²) in [6.45, 7) is 9.15. The van der Waals surface area contributed by atoms with Gasteiger partial charge in [0.1, 0.15) is 0 Å². The lowest BCUT2D eigenvalue weighted by Crippen LogP contribution is -2.55. The molecule has 0 radical (unpaired) electrons. The van der Waals surface area contributed by atoms with Gasteiger partial charge in [-0.25, -0.2) is 0 Å². The summed E-state index contributed by atoms with van der Waals surface area (Å²) in [4.78, 5) is 4.81. The van der Waals surface area contributed by atoms with Crippen molar-refractivity contribution in [3.05, 3.63) is 144 Å². The standard InChI is InChI=1S/C39H32BN/c1-25-12-9-13-26(2)38(25)40(39-27(3)14-10-15-28(39)4)31-17-11-16-29(22-31)35-23-30-24-41-36-21-8-7-20-34(36)37(30)33-19-6-5-18-32(33)35/h5-24H,1-4H3. The fourth-order valence-corrected chi connectivity index (χ4v) is 6.90. The van der Waals surface area contributed by atoms with Crippen molar-refractivity contribution in [2.45, 2.75) is 27.7 Å². The predicted molar refractivity (Wildman–Crippen MR) is 179 cm³/mol. The molecule has 196 valence electrons. The van der Waals surface area contributed by atoms with Gasteiger partial charge >= 0.3 is 0 Å². The van der Waals surface area contributed by atoms with Crippen LogP contribution < -0.4 is 16.4 Å². The minimum Gasteiger partial charge on any atom is -0.256 e. The first-order valence-electron chi connectivity index (χ1n) is 14.4. The molecule has 0 saturated heterocycles.